The number of nitrogen functional groups attached to an aromatic ring is 1. The molecular formula is C25H29N5O10S. The number of imidazole rings is 1. The minimum atomic E-state index is -4.38. The van der Waals surface area contributed by atoms with E-state index in [-0.39, 0.29) is 28.6 Å². The van der Waals surface area contributed by atoms with Gasteiger partial charge in [-0.3, -0.25) is 19.0 Å². The summed E-state index contributed by atoms with van der Waals surface area (Å²) >= 11 is 0. The maximum atomic E-state index is 13.3. The smallest absolute Gasteiger partial charge is 0.341 e. The zero-order valence-electron chi connectivity index (χ0n) is 23.1. The van der Waals surface area contributed by atoms with E-state index in [1.807, 2.05) is 6.92 Å². The monoisotopic (exact) mass is 591 g/mol. The van der Waals surface area contributed by atoms with Crippen LogP contribution in [0.2, 0.25) is 0 Å². The maximum Gasteiger partial charge on any atom is 0.341 e. The highest BCUT2D eigenvalue weighted by Crippen LogP contribution is 2.37. The highest BCUT2D eigenvalue weighted by molar-refractivity contribution is 7.87. The molecule has 220 valence electrons. The Balaban J connectivity index is 1.78. The molecule has 0 amide bonds. The number of benzene rings is 1. The van der Waals surface area contributed by atoms with E-state index in [1.54, 1.807) is 26.0 Å². The lowest BCUT2D eigenvalue weighted by Crippen LogP contribution is -2.40. The standard InChI is InChI=1S/C25H29N5O10S/c1-11-7-12(2)21(13(3)8-11)41(34,35)40-23-18-22(28-25(26)29-23)30(10-27-18)24-20(38-16(6)33)19(37-15(5)32)17(39-24)9-36-14(4)31/h7-8,10,17,19-20,24H,9H2,1-6H3,(H2,26,28,29). The van der Waals surface area contributed by atoms with Gasteiger partial charge >= 0.3 is 28.0 Å². The summed E-state index contributed by atoms with van der Waals surface area (Å²) in [6, 6.07) is 3.42. The van der Waals surface area contributed by atoms with Crippen LogP contribution in [0.25, 0.3) is 11.2 Å². The molecule has 0 aliphatic carbocycles. The first-order chi connectivity index (χ1) is 19.2. The van der Waals surface area contributed by atoms with Gasteiger partial charge in [0.15, 0.2) is 29.6 Å². The summed E-state index contributed by atoms with van der Waals surface area (Å²) in [6.07, 6.45) is -3.45. The SMILES string of the molecule is CC(=O)OCC1OC(n2cnc3c(OS(=O)(=O)c4c(C)cc(C)cc4C)nc(N)nc32)C(OC(C)=O)C1OC(C)=O. The summed E-state index contributed by atoms with van der Waals surface area (Å²) in [5.41, 5.74) is 7.62. The van der Waals surface area contributed by atoms with Gasteiger partial charge < -0.3 is 28.9 Å². The van der Waals surface area contributed by atoms with Gasteiger partial charge in [0.1, 0.15) is 17.6 Å². The molecule has 2 N–H and O–H groups in total. The van der Waals surface area contributed by atoms with Gasteiger partial charge in [0, 0.05) is 20.8 Å². The number of carbonyl (C=O) groups excluding carboxylic acids is 3. The molecular weight excluding hydrogens is 562 g/mol. The van der Waals surface area contributed by atoms with Crippen LogP contribution in [0.5, 0.6) is 5.88 Å². The lowest BCUT2D eigenvalue weighted by Gasteiger charge is -2.23. The van der Waals surface area contributed by atoms with Crippen LogP contribution < -0.4 is 9.92 Å². The zero-order valence-corrected chi connectivity index (χ0v) is 23.9. The van der Waals surface area contributed by atoms with Crippen molar-refractivity contribution < 1.29 is 45.9 Å². The van der Waals surface area contributed by atoms with Crippen molar-refractivity contribution in [2.45, 2.75) is 71.0 Å². The third kappa shape index (κ3) is 6.22. The predicted molar refractivity (Wildman–Crippen MR) is 140 cm³/mol. The largest absolute Gasteiger partial charge is 0.463 e. The molecule has 4 rings (SSSR count). The van der Waals surface area contributed by atoms with Gasteiger partial charge in [-0.25, -0.2) is 4.98 Å². The van der Waals surface area contributed by atoms with Crippen molar-refractivity contribution >= 4 is 45.1 Å². The van der Waals surface area contributed by atoms with Gasteiger partial charge in [0.05, 0.1) is 6.33 Å². The molecule has 0 bridgehead atoms. The minimum absolute atomic E-state index is 0.0283. The van der Waals surface area contributed by atoms with Gasteiger partial charge in [-0.15, -0.1) is 0 Å². The second kappa shape index (κ2) is 11.3. The van der Waals surface area contributed by atoms with Crippen LogP contribution in [0.1, 0.15) is 43.7 Å². The predicted octanol–water partition coefficient (Wildman–Crippen LogP) is 1.43. The summed E-state index contributed by atoms with van der Waals surface area (Å²) in [5.74, 6) is -2.82. The number of hydrogen-bond acceptors (Lipinski definition) is 14. The summed E-state index contributed by atoms with van der Waals surface area (Å²) < 4.78 is 55.3. The van der Waals surface area contributed by atoms with Crippen molar-refractivity contribution in [1.82, 2.24) is 19.5 Å². The van der Waals surface area contributed by atoms with E-state index in [9.17, 15) is 22.8 Å². The number of anilines is 1. The fourth-order valence-electron chi connectivity index (χ4n) is 4.77. The lowest BCUT2D eigenvalue weighted by molar-refractivity contribution is -0.166. The summed E-state index contributed by atoms with van der Waals surface area (Å²) in [7, 11) is -4.38. The summed E-state index contributed by atoms with van der Waals surface area (Å²) in [4.78, 5) is 47.6. The molecule has 1 saturated heterocycles. The Bertz CT molecular complexity index is 1610. The molecule has 4 unspecified atom stereocenters. The Morgan fingerprint density at radius 3 is 2.17 bits per heavy atom. The number of ether oxygens (including phenoxy) is 4. The minimum Gasteiger partial charge on any atom is -0.463 e. The first-order valence-corrected chi connectivity index (χ1v) is 13.7. The van der Waals surface area contributed by atoms with Crippen molar-refractivity contribution in [3.63, 3.8) is 0 Å². The van der Waals surface area contributed by atoms with Crippen molar-refractivity contribution in [3.8, 4) is 5.88 Å². The van der Waals surface area contributed by atoms with Crippen LogP contribution in [-0.4, -0.2) is 70.8 Å². The third-order valence-corrected chi connectivity index (χ3v) is 7.59. The van der Waals surface area contributed by atoms with Crippen LogP contribution in [-0.2, 0) is 43.4 Å². The van der Waals surface area contributed by atoms with E-state index >= 15 is 0 Å². The number of nitrogens with zero attached hydrogens (tertiary/aromatic N) is 4. The van der Waals surface area contributed by atoms with Crippen LogP contribution in [0.4, 0.5) is 5.95 Å². The number of aryl methyl sites for hydroxylation is 3. The van der Waals surface area contributed by atoms with E-state index in [2.05, 4.69) is 15.0 Å². The number of rotatable bonds is 8. The van der Waals surface area contributed by atoms with Gasteiger partial charge in [-0.2, -0.15) is 18.4 Å². The Labute approximate surface area is 235 Å². The van der Waals surface area contributed by atoms with Crippen LogP contribution in [0.15, 0.2) is 23.4 Å². The van der Waals surface area contributed by atoms with E-state index in [0.29, 0.717) is 11.1 Å². The van der Waals surface area contributed by atoms with Gasteiger partial charge in [-0.1, -0.05) is 17.7 Å². The molecule has 0 saturated carbocycles. The third-order valence-electron chi connectivity index (χ3n) is 6.06. The van der Waals surface area contributed by atoms with Crippen LogP contribution in [0, 0.1) is 20.8 Å². The Morgan fingerprint density at radius 2 is 1.59 bits per heavy atom. The molecule has 0 radical (unpaired) electrons. The van der Waals surface area contributed by atoms with Crippen LogP contribution in [0.3, 0.4) is 0 Å². The molecule has 41 heavy (non-hydrogen) atoms. The van der Waals surface area contributed by atoms with Crippen LogP contribution >= 0.6 is 0 Å². The number of hydrogen-bond donors (Lipinski definition) is 1. The Hall–Kier alpha value is -4.31. The molecule has 1 aromatic carbocycles. The first kappa shape index (κ1) is 29.7. The topological polar surface area (TPSA) is 201 Å². The number of nitrogens with two attached hydrogens (primary N) is 1. The average Bonchev–Trinajstić information content (AvgIpc) is 3.37. The average molecular weight is 592 g/mol. The van der Waals surface area contributed by atoms with Crippen molar-refractivity contribution in [3.05, 3.63) is 35.2 Å². The quantitative estimate of drug-likeness (QED) is 0.224. The molecule has 3 aromatic rings. The molecule has 15 nitrogen and oxygen atoms in total. The van der Waals surface area contributed by atoms with E-state index in [4.69, 9.17) is 28.9 Å². The molecule has 16 heteroatoms. The van der Waals surface area contributed by atoms with Crippen molar-refractivity contribution in [1.29, 1.82) is 0 Å². The van der Waals surface area contributed by atoms with E-state index in [0.717, 1.165) is 19.4 Å². The number of fused-ring (bicyclic) bond motifs is 1. The van der Waals surface area contributed by atoms with E-state index < -0.39 is 58.4 Å². The van der Waals surface area contributed by atoms with Gasteiger partial charge in [0.2, 0.25) is 5.95 Å². The van der Waals surface area contributed by atoms with Gasteiger partial charge in [0.25, 0.3) is 5.88 Å². The normalized spacial score (nSPS) is 20.5. The second-order valence-corrected chi connectivity index (χ2v) is 11.0. The first-order valence-electron chi connectivity index (χ1n) is 12.3. The Morgan fingerprint density at radius 1 is 0.976 bits per heavy atom. The Kier molecular flexibility index (Phi) is 8.17. The van der Waals surface area contributed by atoms with E-state index in [1.165, 1.54) is 17.8 Å². The highest BCUT2D eigenvalue weighted by atomic mass is 32.2. The number of carbonyl (C=O) groups is 3. The number of esters is 3. The van der Waals surface area contributed by atoms with Crippen molar-refractivity contribution in [2.24, 2.45) is 0 Å². The maximum absolute atomic E-state index is 13.3. The zero-order chi connectivity index (χ0) is 30.2. The highest BCUT2D eigenvalue weighted by Gasteiger charge is 2.51. The molecule has 4 atom stereocenters. The van der Waals surface area contributed by atoms with Gasteiger partial charge in [-0.05, 0) is 31.9 Å². The summed E-state index contributed by atoms with van der Waals surface area (Å²) in [6.45, 7) is 8.31. The molecule has 2 aromatic heterocycles. The van der Waals surface area contributed by atoms with Crippen molar-refractivity contribution in [2.75, 3.05) is 12.3 Å². The fourth-order valence-corrected chi connectivity index (χ4v) is 6.09. The molecule has 1 aliphatic heterocycles. The fraction of sp³-hybridized carbons (Fsp3) is 0.440. The molecule has 1 fully saturated rings. The molecule has 0 spiro atoms. The molecule has 3 heterocycles. The lowest BCUT2D eigenvalue weighted by atomic mass is 10.1. The summed E-state index contributed by atoms with van der Waals surface area (Å²) in [5, 5.41) is 0. The molecule has 1 aliphatic rings. The number of aromatic nitrogens is 4. The second-order valence-electron chi connectivity index (χ2n) is 9.49.